The number of carbonyl (C=O) groups excluding carboxylic acids is 1. The van der Waals surface area contributed by atoms with Crippen molar-refractivity contribution < 1.29 is 9.90 Å². The Bertz CT molecular complexity index is 1290. The predicted octanol–water partition coefficient (Wildman–Crippen LogP) is 3.58. The van der Waals surface area contributed by atoms with Gasteiger partial charge in [-0.15, -0.1) is 0 Å². The van der Waals surface area contributed by atoms with E-state index in [1.54, 1.807) is 6.20 Å². The van der Waals surface area contributed by atoms with Gasteiger partial charge in [0.25, 0.3) is 5.91 Å². The van der Waals surface area contributed by atoms with E-state index in [0.29, 0.717) is 17.8 Å². The van der Waals surface area contributed by atoms with Crippen LogP contribution in [-0.4, -0.2) is 38.1 Å². The number of nitrogen functional groups attached to an aromatic ring is 1. The first-order valence-electron chi connectivity index (χ1n) is 10.7. The molecule has 2 aromatic carbocycles. The topological polar surface area (TPSA) is 114 Å². The molecule has 1 aliphatic rings. The number of carbonyl (C=O) groups is 1. The van der Waals surface area contributed by atoms with Crippen molar-refractivity contribution in [3.63, 3.8) is 0 Å². The smallest absolute Gasteiger partial charge is 0.274 e. The van der Waals surface area contributed by atoms with Crippen molar-refractivity contribution in [1.82, 2.24) is 20.3 Å². The Morgan fingerprint density at radius 2 is 1.78 bits per heavy atom. The Morgan fingerprint density at radius 3 is 2.56 bits per heavy atom. The van der Waals surface area contributed by atoms with E-state index in [4.69, 9.17) is 10.7 Å². The molecule has 0 spiro atoms. The fourth-order valence-electron chi connectivity index (χ4n) is 4.18. The number of hydrogen-bond donors (Lipinski definition) is 3. The van der Waals surface area contributed by atoms with Crippen LogP contribution in [0.15, 0.2) is 66.9 Å². The second-order valence-corrected chi connectivity index (χ2v) is 8.01. The molecule has 2 aromatic heterocycles. The highest BCUT2D eigenvalue weighted by Crippen LogP contribution is 2.32. The largest absolute Gasteiger partial charge is 0.391 e. The second-order valence-electron chi connectivity index (χ2n) is 8.01. The third kappa shape index (κ3) is 3.78. The lowest BCUT2D eigenvalue weighted by atomic mass is 10.0. The van der Waals surface area contributed by atoms with Gasteiger partial charge in [-0.3, -0.25) is 9.78 Å². The third-order valence-corrected chi connectivity index (χ3v) is 5.86. The summed E-state index contributed by atoms with van der Waals surface area (Å²) in [5, 5.41) is 13.9. The number of aliphatic hydroxyl groups excluding tert-OH is 1. The van der Waals surface area contributed by atoms with Crippen molar-refractivity contribution in [2.75, 3.05) is 5.73 Å². The number of fused-ring (bicyclic) bond motifs is 1. The third-order valence-electron chi connectivity index (χ3n) is 5.86. The van der Waals surface area contributed by atoms with Crippen LogP contribution in [-0.2, 0) is 0 Å². The average molecular weight is 425 g/mol. The van der Waals surface area contributed by atoms with Crippen LogP contribution in [0.25, 0.3) is 33.4 Å². The molecule has 0 unspecified atom stereocenters. The van der Waals surface area contributed by atoms with Crippen LogP contribution in [0.3, 0.4) is 0 Å². The number of benzene rings is 2. The van der Waals surface area contributed by atoms with Crippen molar-refractivity contribution in [2.45, 2.75) is 31.4 Å². The fraction of sp³-hybridized carbons (Fsp3) is 0.200. The summed E-state index contributed by atoms with van der Waals surface area (Å²) in [6, 6.07) is 19.0. The van der Waals surface area contributed by atoms with Crippen molar-refractivity contribution >= 4 is 22.6 Å². The summed E-state index contributed by atoms with van der Waals surface area (Å²) in [6.45, 7) is 0. The molecular weight excluding hydrogens is 402 g/mol. The molecule has 7 nitrogen and oxygen atoms in total. The van der Waals surface area contributed by atoms with Crippen LogP contribution in [0.2, 0.25) is 0 Å². The van der Waals surface area contributed by atoms with Gasteiger partial charge in [-0.1, -0.05) is 42.5 Å². The number of aliphatic hydroxyl groups is 1. The summed E-state index contributed by atoms with van der Waals surface area (Å²) in [4.78, 5) is 26.7. The van der Waals surface area contributed by atoms with Gasteiger partial charge in [0.2, 0.25) is 0 Å². The first kappa shape index (κ1) is 20.1. The molecule has 2 heterocycles. The van der Waals surface area contributed by atoms with Gasteiger partial charge < -0.3 is 16.2 Å². The zero-order valence-corrected chi connectivity index (χ0v) is 17.4. The van der Waals surface area contributed by atoms with Crippen molar-refractivity contribution in [2.24, 2.45) is 0 Å². The minimum atomic E-state index is -0.552. The number of aromatic nitrogens is 3. The SMILES string of the molecule is Nc1nc(-c2ccccc2)c(-c2ccc3ncccc3c2)nc1C(=O)N[C@H]1CCC[C@@H]1O. The van der Waals surface area contributed by atoms with Gasteiger partial charge in [0, 0.05) is 22.7 Å². The first-order valence-corrected chi connectivity index (χ1v) is 10.7. The Hall–Kier alpha value is -3.84. The van der Waals surface area contributed by atoms with Crippen LogP contribution in [0.5, 0.6) is 0 Å². The lowest BCUT2D eigenvalue weighted by molar-refractivity contribution is 0.0869. The Kier molecular flexibility index (Phi) is 5.25. The molecule has 4 aromatic rings. The number of nitrogens with two attached hydrogens (primary N) is 1. The number of nitrogens with one attached hydrogen (secondary N) is 1. The van der Waals surface area contributed by atoms with E-state index < -0.39 is 12.0 Å². The second kappa shape index (κ2) is 8.36. The van der Waals surface area contributed by atoms with E-state index in [1.807, 2.05) is 60.7 Å². The van der Waals surface area contributed by atoms with Gasteiger partial charge in [-0.05, 0) is 37.5 Å². The van der Waals surface area contributed by atoms with Crippen LogP contribution >= 0.6 is 0 Å². The Morgan fingerprint density at radius 1 is 0.969 bits per heavy atom. The number of anilines is 1. The minimum absolute atomic E-state index is 0.0556. The summed E-state index contributed by atoms with van der Waals surface area (Å²) in [6.07, 6.45) is 3.48. The van der Waals surface area contributed by atoms with Crippen LogP contribution in [0.4, 0.5) is 5.82 Å². The molecule has 1 fully saturated rings. The van der Waals surface area contributed by atoms with Crippen molar-refractivity contribution in [3.05, 3.63) is 72.6 Å². The molecule has 0 saturated heterocycles. The van der Waals surface area contributed by atoms with Gasteiger partial charge in [0.15, 0.2) is 11.5 Å². The summed E-state index contributed by atoms with van der Waals surface area (Å²) in [5.74, 6) is -0.371. The van der Waals surface area contributed by atoms with Crippen LogP contribution in [0.1, 0.15) is 29.8 Å². The van der Waals surface area contributed by atoms with E-state index in [-0.39, 0.29) is 17.6 Å². The zero-order chi connectivity index (χ0) is 22.1. The number of nitrogens with zero attached hydrogens (tertiary/aromatic N) is 3. The molecule has 160 valence electrons. The Balaban J connectivity index is 1.63. The molecule has 2 atom stereocenters. The summed E-state index contributed by atoms with van der Waals surface area (Å²) in [7, 11) is 0. The van der Waals surface area contributed by atoms with E-state index in [9.17, 15) is 9.90 Å². The maximum Gasteiger partial charge on any atom is 0.274 e. The monoisotopic (exact) mass is 425 g/mol. The average Bonchev–Trinajstić information content (AvgIpc) is 3.23. The van der Waals surface area contributed by atoms with Gasteiger partial charge in [0.1, 0.15) is 0 Å². The Labute approximate surface area is 185 Å². The number of pyridine rings is 1. The van der Waals surface area contributed by atoms with Crippen molar-refractivity contribution in [3.8, 4) is 22.5 Å². The normalized spacial score (nSPS) is 18.0. The minimum Gasteiger partial charge on any atom is -0.391 e. The number of hydrogen-bond acceptors (Lipinski definition) is 6. The highest BCUT2D eigenvalue weighted by atomic mass is 16.3. The molecule has 32 heavy (non-hydrogen) atoms. The van der Waals surface area contributed by atoms with Crippen molar-refractivity contribution in [1.29, 1.82) is 0 Å². The first-order chi connectivity index (χ1) is 15.6. The molecule has 0 bridgehead atoms. The van der Waals surface area contributed by atoms with E-state index >= 15 is 0 Å². The zero-order valence-electron chi connectivity index (χ0n) is 17.4. The summed E-state index contributed by atoms with van der Waals surface area (Å²) in [5.41, 5.74) is 9.96. The predicted molar refractivity (Wildman–Crippen MR) is 124 cm³/mol. The van der Waals surface area contributed by atoms with E-state index in [0.717, 1.165) is 34.9 Å². The van der Waals surface area contributed by atoms with Gasteiger partial charge in [-0.2, -0.15) is 0 Å². The van der Waals surface area contributed by atoms with Gasteiger partial charge >= 0.3 is 0 Å². The maximum absolute atomic E-state index is 13.0. The van der Waals surface area contributed by atoms with Gasteiger partial charge in [-0.25, -0.2) is 9.97 Å². The van der Waals surface area contributed by atoms with Crippen LogP contribution < -0.4 is 11.1 Å². The highest BCUT2D eigenvalue weighted by Gasteiger charge is 2.29. The molecule has 0 radical (unpaired) electrons. The fourth-order valence-corrected chi connectivity index (χ4v) is 4.18. The highest BCUT2D eigenvalue weighted by molar-refractivity contribution is 5.98. The standard InChI is InChI=1S/C25H23N5O2/c26-24-23(25(32)28-19-9-4-10-20(19)31)29-22(21(30-24)15-6-2-1-3-7-15)17-11-12-18-16(14-17)8-5-13-27-18/h1-3,5-8,11-14,19-20,31H,4,9-10H2,(H2,26,30)(H,28,32)/t19-,20-/m0/s1. The summed E-state index contributed by atoms with van der Waals surface area (Å²) < 4.78 is 0. The number of rotatable bonds is 4. The maximum atomic E-state index is 13.0. The molecule has 7 heteroatoms. The quantitative estimate of drug-likeness (QED) is 0.460. The lowest BCUT2D eigenvalue weighted by Crippen LogP contribution is -2.40. The molecular formula is C25H23N5O2. The molecule has 4 N–H and O–H groups in total. The van der Waals surface area contributed by atoms with Crippen LogP contribution in [0, 0.1) is 0 Å². The summed E-state index contributed by atoms with van der Waals surface area (Å²) >= 11 is 0. The molecule has 1 aliphatic carbocycles. The van der Waals surface area contributed by atoms with E-state index in [1.165, 1.54) is 0 Å². The van der Waals surface area contributed by atoms with E-state index in [2.05, 4.69) is 15.3 Å². The van der Waals surface area contributed by atoms with Gasteiger partial charge in [0.05, 0.1) is 29.1 Å². The number of amides is 1. The molecule has 1 amide bonds. The molecule has 5 rings (SSSR count). The molecule has 0 aliphatic heterocycles. The lowest BCUT2D eigenvalue weighted by Gasteiger charge is -2.18. The molecule has 1 saturated carbocycles.